The molecule has 3 rings (SSSR count). The van der Waals surface area contributed by atoms with E-state index in [0.717, 1.165) is 22.2 Å². The van der Waals surface area contributed by atoms with Crippen LogP contribution >= 0.6 is 0 Å². The zero-order valence-corrected chi connectivity index (χ0v) is 12.1. The van der Waals surface area contributed by atoms with Crippen LogP contribution in [0.5, 0.6) is 17.2 Å². The van der Waals surface area contributed by atoms with Crippen LogP contribution in [0.4, 0.5) is 4.79 Å². The van der Waals surface area contributed by atoms with E-state index in [1.165, 1.54) is 0 Å². The lowest BCUT2D eigenvalue weighted by atomic mass is 10.2. The Bertz CT molecular complexity index is 854. The van der Waals surface area contributed by atoms with Gasteiger partial charge in [-0.25, -0.2) is 4.79 Å². The first-order valence-electron chi connectivity index (χ1n) is 6.65. The summed E-state index contributed by atoms with van der Waals surface area (Å²) in [5.74, 6) is 2.44. The number of carbonyl (C=O) groups excluding carboxylic acids is 1. The van der Waals surface area contributed by atoms with Gasteiger partial charge in [0.25, 0.3) is 0 Å². The van der Waals surface area contributed by atoms with Gasteiger partial charge in [0.05, 0.1) is 0 Å². The number of rotatable bonds is 3. The highest BCUT2D eigenvalue weighted by molar-refractivity contribution is 5.81. The highest BCUT2D eigenvalue weighted by Crippen LogP contribution is 2.30. The van der Waals surface area contributed by atoms with E-state index in [1.54, 1.807) is 24.3 Å². The molecule has 2 N–H and O–H groups in total. The first-order valence-corrected chi connectivity index (χ1v) is 6.65. The molecule has 3 aromatic rings. The van der Waals surface area contributed by atoms with Crippen LogP contribution in [0.3, 0.4) is 0 Å². The van der Waals surface area contributed by atoms with Crippen LogP contribution in [-0.2, 0) is 0 Å². The Kier molecular flexibility index (Phi) is 3.42. The Balaban J connectivity index is 1.86. The molecule has 112 valence electrons. The maximum Gasteiger partial charge on any atom is 0.409 e. The molecule has 0 aliphatic rings. The van der Waals surface area contributed by atoms with Gasteiger partial charge in [0.15, 0.2) is 0 Å². The highest BCUT2D eigenvalue weighted by atomic mass is 16.5. The highest BCUT2D eigenvalue weighted by Gasteiger charge is 2.08. The fourth-order valence-corrected chi connectivity index (χ4v) is 2.16. The Morgan fingerprint density at radius 1 is 1.14 bits per heavy atom. The molecule has 1 aromatic heterocycles. The summed E-state index contributed by atoms with van der Waals surface area (Å²) in [6, 6.07) is 10.6. The van der Waals surface area contributed by atoms with Gasteiger partial charge in [-0.1, -0.05) is 5.16 Å². The zero-order chi connectivity index (χ0) is 15.7. The number of nitrogens with two attached hydrogens (primary N) is 1. The molecule has 0 saturated carbocycles. The summed E-state index contributed by atoms with van der Waals surface area (Å²) < 4.78 is 15.8. The third-order valence-electron chi connectivity index (χ3n) is 3.22. The van der Waals surface area contributed by atoms with Gasteiger partial charge in [-0.05, 0) is 49.7 Å². The number of carbonyl (C=O) groups is 1. The number of benzene rings is 2. The van der Waals surface area contributed by atoms with E-state index < -0.39 is 6.09 Å². The van der Waals surface area contributed by atoms with Gasteiger partial charge in [-0.3, -0.25) is 0 Å². The number of primary amides is 1. The Morgan fingerprint density at radius 3 is 2.64 bits per heavy atom. The Labute approximate surface area is 126 Å². The molecular formula is C16H14N2O4. The standard InChI is InChI=1S/C16H14N2O4/c1-9-7-11(21-16(17)19)4-6-15(9)20-12-3-5-13-10(2)22-18-14(13)8-12/h3-8H,1-2H3,(H2,17,19). The normalized spacial score (nSPS) is 10.6. The van der Waals surface area contributed by atoms with Crippen LogP contribution in [0.25, 0.3) is 10.9 Å². The number of amides is 1. The summed E-state index contributed by atoms with van der Waals surface area (Å²) >= 11 is 0. The van der Waals surface area contributed by atoms with Crippen LogP contribution in [0.1, 0.15) is 11.3 Å². The van der Waals surface area contributed by atoms with Crippen molar-refractivity contribution in [3.8, 4) is 17.2 Å². The fourth-order valence-electron chi connectivity index (χ4n) is 2.16. The van der Waals surface area contributed by atoms with Crippen LogP contribution in [0, 0.1) is 13.8 Å². The topological polar surface area (TPSA) is 87.6 Å². The third kappa shape index (κ3) is 2.71. The van der Waals surface area contributed by atoms with Gasteiger partial charge in [0, 0.05) is 11.5 Å². The van der Waals surface area contributed by atoms with Crippen molar-refractivity contribution in [2.24, 2.45) is 5.73 Å². The molecule has 1 amide bonds. The lowest BCUT2D eigenvalue weighted by Gasteiger charge is -2.10. The quantitative estimate of drug-likeness (QED) is 0.796. The molecule has 1 heterocycles. The summed E-state index contributed by atoms with van der Waals surface area (Å²) in [5.41, 5.74) is 6.54. The molecule has 0 atom stereocenters. The predicted octanol–water partition coefficient (Wildman–Crippen LogP) is 3.69. The molecule has 0 bridgehead atoms. The smallest absolute Gasteiger partial charge is 0.409 e. The summed E-state index contributed by atoms with van der Waals surface area (Å²) in [6.07, 6.45) is -0.847. The lowest BCUT2D eigenvalue weighted by Crippen LogP contribution is -2.16. The third-order valence-corrected chi connectivity index (χ3v) is 3.22. The Hall–Kier alpha value is -3.02. The number of ether oxygens (including phenoxy) is 2. The molecule has 6 heteroatoms. The average Bonchev–Trinajstić information content (AvgIpc) is 2.82. The van der Waals surface area contributed by atoms with Crippen molar-refractivity contribution in [3.63, 3.8) is 0 Å². The molecule has 0 aliphatic heterocycles. The average molecular weight is 298 g/mol. The molecule has 22 heavy (non-hydrogen) atoms. The molecule has 0 fully saturated rings. The molecule has 2 aromatic carbocycles. The largest absolute Gasteiger partial charge is 0.457 e. The predicted molar refractivity (Wildman–Crippen MR) is 80.2 cm³/mol. The molecule has 0 radical (unpaired) electrons. The van der Waals surface area contributed by atoms with E-state index in [1.807, 2.05) is 26.0 Å². The number of aryl methyl sites for hydroxylation is 2. The van der Waals surface area contributed by atoms with Gasteiger partial charge in [-0.2, -0.15) is 0 Å². The van der Waals surface area contributed by atoms with Crippen LogP contribution in [-0.4, -0.2) is 11.2 Å². The van der Waals surface area contributed by atoms with Gasteiger partial charge in [-0.15, -0.1) is 0 Å². The van der Waals surface area contributed by atoms with Gasteiger partial charge < -0.3 is 19.7 Å². The fraction of sp³-hybridized carbons (Fsp3) is 0.125. The lowest BCUT2D eigenvalue weighted by molar-refractivity contribution is 0.211. The SMILES string of the molecule is Cc1cc(OC(N)=O)ccc1Oc1ccc2c(C)onc2c1. The Morgan fingerprint density at radius 2 is 1.91 bits per heavy atom. The van der Waals surface area contributed by atoms with Crippen molar-refractivity contribution in [2.75, 3.05) is 0 Å². The maximum atomic E-state index is 10.7. The van der Waals surface area contributed by atoms with Gasteiger partial charge in [0.1, 0.15) is 28.5 Å². The molecule has 0 spiro atoms. The summed E-state index contributed by atoms with van der Waals surface area (Å²) in [7, 11) is 0. The van der Waals surface area contributed by atoms with Gasteiger partial charge in [0.2, 0.25) is 0 Å². The summed E-state index contributed by atoms with van der Waals surface area (Å²) in [5, 5.41) is 4.92. The van der Waals surface area contributed by atoms with Crippen LogP contribution in [0.2, 0.25) is 0 Å². The van der Waals surface area contributed by atoms with E-state index in [-0.39, 0.29) is 0 Å². The minimum absolute atomic E-state index is 0.375. The molecule has 0 aliphatic carbocycles. The minimum atomic E-state index is -0.847. The van der Waals surface area contributed by atoms with Crippen molar-refractivity contribution in [2.45, 2.75) is 13.8 Å². The van der Waals surface area contributed by atoms with E-state index >= 15 is 0 Å². The van der Waals surface area contributed by atoms with Crippen molar-refractivity contribution in [3.05, 3.63) is 47.7 Å². The first-order chi connectivity index (χ1) is 10.5. The van der Waals surface area contributed by atoms with Crippen LogP contribution in [0.15, 0.2) is 40.9 Å². The van der Waals surface area contributed by atoms with Crippen LogP contribution < -0.4 is 15.2 Å². The summed E-state index contributed by atoms with van der Waals surface area (Å²) in [4.78, 5) is 10.7. The second kappa shape index (κ2) is 5.40. The second-order valence-corrected chi connectivity index (χ2v) is 4.87. The van der Waals surface area contributed by atoms with Crippen molar-refractivity contribution < 1.29 is 18.8 Å². The number of nitrogens with zero attached hydrogens (tertiary/aromatic N) is 1. The van der Waals surface area contributed by atoms with E-state index in [0.29, 0.717) is 17.2 Å². The van der Waals surface area contributed by atoms with E-state index in [9.17, 15) is 4.79 Å². The molecular weight excluding hydrogens is 284 g/mol. The van der Waals surface area contributed by atoms with E-state index in [4.69, 9.17) is 19.7 Å². The maximum absolute atomic E-state index is 10.7. The molecule has 0 saturated heterocycles. The molecule has 6 nitrogen and oxygen atoms in total. The number of hydrogen-bond donors (Lipinski definition) is 1. The van der Waals surface area contributed by atoms with E-state index in [2.05, 4.69) is 5.16 Å². The number of hydrogen-bond acceptors (Lipinski definition) is 5. The van der Waals surface area contributed by atoms with Gasteiger partial charge >= 0.3 is 6.09 Å². The minimum Gasteiger partial charge on any atom is -0.457 e. The zero-order valence-electron chi connectivity index (χ0n) is 12.1. The first kappa shape index (κ1) is 13.9. The van der Waals surface area contributed by atoms with Crippen molar-refractivity contribution in [1.82, 2.24) is 5.16 Å². The monoisotopic (exact) mass is 298 g/mol. The second-order valence-electron chi connectivity index (χ2n) is 4.87. The van der Waals surface area contributed by atoms with Crippen molar-refractivity contribution in [1.29, 1.82) is 0 Å². The number of aromatic nitrogens is 1. The van der Waals surface area contributed by atoms with Crippen molar-refractivity contribution >= 4 is 17.0 Å². The summed E-state index contributed by atoms with van der Waals surface area (Å²) in [6.45, 7) is 3.71. The number of fused-ring (bicyclic) bond motifs is 1. The molecule has 0 unspecified atom stereocenters.